The minimum absolute atomic E-state index is 0.0443. The third-order valence-electron chi connectivity index (χ3n) is 3.19. The fourth-order valence-corrected chi connectivity index (χ4v) is 1.98. The predicted octanol–water partition coefficient (Wildman–Crippen LogP) is 1.61. The Balaban J connectivity index is 2.15. The first-order chi connectivity index (χ1) is 10.5. The van der Waals surface area contributed by atoms with Gasteiger partial charge < -0.3 is 14.2 Å². The fraction of sp³-hybridized carbons (Fsp3) is 0.400. The maximum Gasteiger partial charge on any atom is 0.274 e. The zero-order valence-electron chi connectivity index (χ0n) is 13.0. The largest absolute Gasteiger partial charge is 0.463 e. The van der Waals surface area contributed by atoms with Crippen LogP contribution in [0.2, 0.25) is 0 Å². The highest BCUT2D eigenvalue weighted by molar-refractivity contribution is 5.95. The zero-order valence-corrected chi connectivity index (χ0v) is 13.0. The van der Waals surface area contributed by atoms with Gasteiger partial charge in [-0.2, -0.15) is 5.10 Å². The average Bonchev–Trinajstić information content (AvgIpc) is 3.16. The highest BCUT2D eigenvalue weighted by atomic mass is 16.3. The number of furan rings is 1. The van der Waals surface area contributed by atoms with Gasteiger partial charge in [-0.1, -0.05) is 6.92 Å². The Morgan fingerprint density at radius 3 is 2.73 bits per heavy atom. The summed E-state index contributed by atoms with van der Waals surface area (Å²) in [5.74, 6) is 0.215. The molecule has 0 fully saturated rings. The van der Waals surface area contributed by atoms with Gasteiger partial charge in [0.05, 0.1) is 6.26 Å². The molecule has 0 bridgehead atoms. The maximum absolute atomic E-state index is 12.5. The van der Waals surface area contributed by atoms with Crippen LogP contribution in [-0.4, -0.2) is 59.0 Å². The molecule has 0 aliphatic rings. The van der Waals surface area contributed by atoms with Gasteiger partial charge in [-0.3, -0.25) is 14.7 Å². The van der Waals surface area contributed by atoms with Gasteiger partial charge >= 0.3 is 0 Å². The monoisotopic (exact) mass is 304 g/mol. The lowest BCUT2D eigenvalue weighted by atomic mass is 10.2. The first kappa shape index (κ1) is 15.8. The van der Waals surface area contributed by atoms with Crippen LogP contribution >= 0.6 is 0 Å². The van der Waals surface area contributed by atoms with Crippen molar-refractivity contribution < 1.29 is 14.0 Å². The van der Waals surface area contributed by atoms with E-state index in [1.165, 1.54) is 9.80 Å². The van der Waals surface area contributed by atoms with E-state index in [1.807, 2.05) is 6.92 Å². The van der Waals surface area contributed by atoms with Crippen LogP contribution in [0.25, 0.3) is 11.5 Å². The van der Waals surface area contributed by atoms with Crippen LogP contribution < -0.4 is 0 Å². The quantitative estimate of drug-likeness (QED) is 0.879. The third kappa shape index (κ3) is 3.55. The molecule has 0 aliphatic carbocycles. The Labute approximate surface area is 128 Å². The summed E-state index contributed by atoms with van der Waals surface area (Å²) in [4.78, 5) is 27.3. The zero-order chi connectivity index (χ0) is 16.1. The van der Waals surface area contributed by atoms with Gasteiger partial charge in [0.25, 0.3) is 5.91 Å². The van der Waals surface area contributed by atoms with Gasteiger partial charge in [-0.15, -0.1) is 0 Å². The number of rotatable bonds is 6. The standard InChI is InChI=1S/C15H20N4O3/c1-4-7-19(10-14(20)18(2)3)15(21)12-9-11(16-17-12)13-6-5-8-22-13/h5-6,8-9H,4,7,10H2,1-3H3,(H,16,17). The summed E-state index contributed by atoms with van der Waals surface area (Å²) < 4.78 is 5.26. The molecule has 22 heavy (non-hydrogen) atoms. The minimum atomic E-state index is -0.272. The number of nitrogens with one attached hydrogen (secondary N) is 1. The Kier molecular flexibility index (Phi) is 4.98. The summed E-state index contributed by atoms with van der Waals surface area (Å²) in [5, 5.41) is 6.80. The van der Waals surface area contributed by atoms with Crippen LogP contribution in [0.3, 0.4) is 0 Å². The Morgan fingerprint density at radius 2 is 2.14 bits per heavy atom. The minimum Gasteiger partial charge on any atom is -0.463 e. The van der Waals surface area contributed by atoms with Gasteiger partial charge in [0, 0.05) is 26.7 Å². The summed E-state index contributed by atoms with van der Waals surface area (Å²) in [6.07, 6.45) is 2.32. The van der Waals surface area contributed by atoms with Crippen molar-refractivity contribution in [1.29, 1.82) is 0 Å². The highest BCUT2D eigenvalue weighted by Gasteiger charge is 2.22. The van der Waals surface area contributed by atoms with Crippen molar-refractivity contribution in [3.05, 3.63) is 30.2 Å². The molecule has 118 valence electrons. The maximum atomic E-state index is 12.5. The van der Waals surface area contributed by atoms with Crippen molar-refractivity contribution in [2.75, 3.05) is 27.2 Å². The number of nitrogens with zero attached hydrogens (tertiary/aromatic N) is 3. The molecular formula is C15H20N4O3. The van der Waals surface area contributed by atoms with E-state index in [-0.39, 0.29) is 24.1 Å². The number of carbonyl (C=O) groups excluding carboxylic acids is 2. The summed E-state index contributed by atoms with van der Waals surface area (Å²) in [6.45, 7) is 2.50. The second kappa shape index (κ2) is 6.93. The molecule has 7 heteroatoms. The summed E-state index contributed by atoms with van der Waals surface area (Å²) in [6, 6.07) is 5.17. The van der Waals surface area contributed by atoms with Crippen LogP contribution in [-0.2, 0) is 4.79 Å². The molecule has 2 amide bonds. The molecule has 0 spiro atoms. The molecule has 1 N–H and O–H groups in total. The Bertz CT molecular complexity index is 631. The third-order valence-corrected chi connectivity index (χ3v) is 3.19. The molecule has 0 unspecified atom stereocenters. The lowest BCUT2D eigenvalue weighted by molar-refractivity contribution is -0.129. The van der Waals surface area contributed by atoms with Gasteiger partial charge in [-0.25, -0.2) is 0 Å². The van der Waals surface area contributed by atoms with Crippen molar-refractivity contribution in [2.45, 2.75) is 13.3 Å². The number of H-pyrrole nitrogens is 1. The highest BCUT2D eigenvalue weighted by Crippen LogP contribution is 2.18. The van der Waals surface area contributed by atoms with Crippen molar-refractivity contribution in [2.24, 2.45) is 0 Å². The normalized spacial score (nSPS) is 10.5. The van der Waals surface area contributed by atoms with Crippen molar-refractivity contribution in [3.63, 3.8) is 0 Å². The van der Waals surface area contributed by atoms with E-state index in [9.17, 15) is 9.59 Å². The fourth-order valence-electron chi connectivity index (χ4n) is 1.98. The summed E-state index contributed by atoms with van der Waals surface area (Å²) in [7, 11) is 3.33. The van der Waals surface area contributed by atoms with E-state index < -0.39 is 0 Å². The molecule has 0 atom stereocenters. The molecule has 0 aromatic carbocycles. The van der Waals surface area contributed by atoms with Gasteiger partial charge in [0.15, 0.2) is 11.5 Å². The lowest BCUT2D eigenvalue weighted by Gasteiger charge is -2.22. The van der Waals surface area contributed by atoms with E-state index in [0.717, 1.165) is 6.42 Å². The van der Waals surface area contributed by atoms with Crippen LogP contribution in [0.4, 0.5) is 0 Å². The smallest absolute Gasteiger partial charge is 0.274 e. The van der Waals surface area contributed by atoms with Crippen LogP contribution in [0.5, 0.6) is 0 Å². The van der Waals surface area contributed by atoms with Crippen LogP contribution in [0.1, 0.15) is 23.8 Å². The van der Waals surface area contributed by atoms with E-state index in [4.69, 9.17) is 4.42 Å². The SMILES string of the molecule is CCCN(CC(=O)N(C)C)C(=O)c1cc(-c2ccco2)[nH]n1. The van der Waals surface area contributed by atoms with Gasteiger partial charge in [0.1, 0.15) is 12.2 Å². The predicted molar refractivity (Wildman–Crippen MR) is 81.2 cm³/mol. The van der Waals surface area contributed by atoms with Crippen LogP contribution in [0.15, 0.2) is 28.9 Å². The molecular weight excluding hydrogens is 284 g/mol. The van der Waals surface area contributed by atoms with Gasteiger partial charge in [0.2, 0.25) is 5.91 Å². The van der Waals surface area contributed by atoms with Gasteiger partial charge in [-0.05, 0) is 18.6 Å². The summed E-state index contributed by atoms with van der Waals surface area (Å²) in [5.41, 5.74) is 0.898. The molecule has 2 rings (SSSR count). The van der Waals surface area contributed by atoms with E-state index in [0.29, 0.717) is 18.0 Å². The van der Waals surface area contributed by atoms with Crippen LogP contribution in [0, 0.1) is 0 Å². The number of aromatic amines is 1. The molecule has 2 heterocycles. The topological polar surface area (TPSA) is 82.4 Å². The number of hydrogen-bond acceptors (Lipinski definition) is 4. The van der Waals surface area contributed by atoms with Crippen molar-refractivity contribution >= 4 is 11.8 Å². The molecule has 2 aromatic rings. The molecule has 2 aromatic heterocycles. The average molecular weight is 304 g/mol. The number of aromatic nitrogens is 2. The second-order valence-electron chi connectivity index (χ2n) is 5.16. The molecule has 0 radical (unpaired) electrons. The second-order valence-corrected chi connectivity index (χ2v) is 5.16. The van der Waals surface area contributed by atoms with Crippen molar-refractivity contribution in [3.8, 4) is 11.5 Å². The molecule has 0 aliphatic heterocycles. The number of hydrogen-bond donors (Lipinski definition) is 1. The number of amides is 2. The Hall–Kier alpha value is -2.57. The molecule has 0 saturated carbocycles. The summed E-state index contributed by atoms with van der Waals surface area (Å²) >= 11 is 0. The van der Waals surface area contributed by atoms with E-state index >= 15 is 0 Å². The number of likely N-dealkylation sites (N-methyl/N-ethyl adjacent to an activating group) is 1. The first-order valence-electron chi connectivity index (χ1n) is 7.11. The molecule has 0 saturated heterocycles. The first-order valence-corrected chi connectivity index (χ1v) is 7.11. The van der Waals surface area contributed by atoms with E-state index in [2.05, 4.69) is 10.2 Å². The molecule has 7 nitrogen and oxygen atoms in total. The van der Waals surface area contributed by atoms with Crippen molar-refractivity contribution in [1.82, 2.24) is 20.0 Å². The van der Waals surface area contributed by atoms with E-state index in [1.54, 1.807) is 38.6 Å². The Morgan fingerprint density at radius 1 is 1.36 bits per heavy atom. The number of carbonyl (C=O) groups is 2. The lowest BCUT2D eigenvalue weighted by Crippen LogP contribution is -2.40.